The third-order valence-corrected chi connectivity index (χ3v) is 3.99. The van der Waals surface area contributed by atoms with Crippen molar-refractivity contribution in [1.82, 2.24) is 15.1 Å². The van der Waals surface area contributed by atoms with E-state index in [9.17, 15) is 4.79 Å². The molecule has 0 unspecified atom stereocenters. The molecule has 1 fully saturated rings. The van der Waals surface area contributed by atoms with E-state index in [0.717, 1.165) is 26.2 Å². The Kier molecular flexibility index (Phi) is 6.36. The van der Waals surface area contributed by atoms with Gasteiger partial charge in [-0.05, 0) is 19.7 Å². The summed E-state index contributed by atoms with van der Waals surface area (Å²) in [7, 11) is 5.70. The Bertz CT molecular complexity index is 464. The standard InChI is InChI=1S/C17H27N3O2/c1-19(2)10-15-11-20(9-14-7-5-4-6-8-14)12-16(15)18-17(21)13-22-3/h4-8,15-16H,9-13H2,1-3H3,(H,18,21)/t15-,16-/m1/s1. The molecule has 1 heterocycles. The fourth-order valence-electron chi connectivity index (χ4n) is 3.13. The lowest BCUT2D eigenvalue weighted by Gasteiger charge is -2.22. The number of ether oxygens (including phenoxy) is 1. The summed E-state index contributed by atoms with van der Waals surface area (Å²) in [5, 5.41) is 3.12. The van der Waals surface area contributed by atoms with E-state index < -0.39 is 0 Å². The Labute approximate surface area is 133 Å². The smallest absolute Gasteiger partial charge is 0.246 e. The fraction of sp³-hybridized carbons (Fsp3) is 0.588. The minimum atomic E-state index is -0.0298. The number of methoxy groups -OCH3 is 1. The molecule has 0 aromatic heterocycles. The monoisotopic (exact) mass is 305 g/mol. The zero-order valence-electron chi connectivity index (χ0n) is 13.8. The molecule has 5 heteroatoms. The second-order valence-electron chi connectivity index (χ2n) is 6.31. The van der Waals surface area contributed by atoms with E-state index in [1.807, 2.05) is 6.07 Å². The van der Waals surface area contributed by atoms with Crippen LogP contribution >= 0.6 is 0 Å². The first-order valence-electron chi connectivity index (χ1n) is 7.77. The first-order chi connectivity index (χ1) is 10.6. The van der Waals surface area contributed by atoms with Gasteiger partial charge in [-0.3, -0.25) is 9.69 Å². The summed E-state index contributed by atoms with van der Waals surface area (Å²) in [5.74, 6) is 0.414. The Balaban J connectivity index is 1.96. The molecule has 1 saturated heterocycles. The zero-order chi connectivity index (χ0) is 15.9. The van der Waals surface area contributed by atoms with Crippen LogP contribution in [0.5, 0.6) is 0 Å². The largest absolute Gasteiger partial charge is 0.375 e. The molecule has 122 valence electrons. The maximum atomic E-state index is 11.8. The molecule has 1 aromatic carbocycles. The maximum absolute atomic E-state index is 11.8. The van der Waals surface area contributed by atoms with Crippen LogP contribution in [-0.4, -0.2) is 69.2 Å². The van der Waals surface area contributed by atoms with Crippen molar-refractivity contribution in [2.24, 2.45) is 5.92 Å². The Morgan fingerprint density at radius 1 is 1.32 bits per heavy atom. The van der Waals surface area contributed by atoms with Gasteiger partial charge < -0.3 is 15.0 Å². The topological polar surface area (TPSA) is 44.8 Å². The summed E-state index contributed by atoms with van der Waals surface area (Å²) in [5.41, 5.74) is 1.31. The molecule has 2 rings (SSSR count). The summed E-state index contributed by atoms with van der Waals surface area (Å²) in [6.45, 7) is 3.93. The van der Waals surface area contributed by atoms with Crippen molar-refractivity contribution in [3.8, 4) is 0 Å². The molecule has 1 aliphatic heterocycles. The van der Waals surface area contributed by atoms with Gasteiger partial charge in [0.2, 0.25) is 5.91 Å². The molecule has 0 aliphatic carbocycles. The molecule has 0 spiro atoms. The molecule has 1 N–H and O–H groups in total. The van der Waals surface area contributed by atoms with Gasteiger partial charge in [0.15, 0.2) is 0 Å². The van der Waals surface area contributed by atoms with Crippen molar-refractivity contribution < 1.29 is 9.53 Å². The zero-order valence-corrected chi connectivity index (χ0v) is 13.8. The van der Waals surface area contributed by atoms with Crippen molar-refractivity contribution in [2.45, 2.75) is 12.6 Å². The summed E-state index contributed by atoms with van der Waals surface area (Å²) >= 11 is 0. The molecular weight excluding hydrogens is 278 g/mol. The van der Waals surface area contributed by atoms with Crippen molar-refractivity contribution in [1.29, 1.82) is 0 Å². The molecule has 1 aromatic rings. The molecular formula is C17H27N3O2. The Morgan fingerprint density at radius 3 is 2.68 bits per heavy atom. The highest BCUT2D eigenvalue weighted by Crippen LogP contribution is 2.20. The van der Waals surface area contributed by atoms with Gasteiger partial charge in [0.25, 0.3) is 0 Å². The molecule has 0 bridgehead atoms. The van der Waals surface area contributed by atoms with E-state index >= 15 is 0 Å². The van der Waals surface area contributed by atoms with Crippen LogP contribution in [-0.2, 0) is 16.1 Å². The normalized spacial score (nSPS) is 22.2. The van der Waals surface area contributed by atoms with Gasteiger partial charge in [0.1, 0.15) is 6.61 Å². The molecule has 0 radical (unpaired) electrons. The maximum Gasteiger partial charge on any atom is 0.246 e. The number of nitrogens with one attached hydrogen (secondary N) is 1. The minimum Gasteiger partial charge on any atom is -0.375 e. The molecule has 0 saturated carbocycles. The molecule has 1 amide bonds. The number of hydrogen-bond donors (Lipinski definition) is 1. The number of benzene rings is 1. The number of amides is 1. The third kappa shape index (κ3) is 5.09. The van der Waals surface area contributed by atoms with Crippen LogP contribution < -0.4 is 5.32 Å². The number of carbonyl (C=O) groups is 1. The first kappa shape index (κ1) is 16.9. The van der Waals surface area contributed by atoms with Crippen LogP contribution in [0.4, 0.5) is 0 Å². The first-order valence-corrected chi connectivity index (χ1v) is 7.77. The van der Waals surface area contributed by atoms with Crippen LogP contribution in [0.1, 0.15) is 5.56 Å². The summed E-state index contributed by atoms with van der Waals surface area (Å²) < 4.78 is 4.92. The van der Waals surface area contributed by atoms with Gasteiger partial charge in [-0.25, -0.2) is 0 Å². The lowest BCUT2D eigenvalue weighted by atomic mass is 10.0. The number of rotatable bonds is 7. The number of carbonyl (C=O) groups excluding carboxylic acids is 1. The molecule has 2 atom stereocenters. The summed E-state index contributed by atoms with van der Waals surface area (Å²) in [6.07, 6.45) is 0. The highest BCUT2D eigenvalue weighted by Gasteiger charge is 2.33. The van der Waals surface area contributed by atoms with Gasteiger partial charge in [0, 0.05) is 45.2 Å². The van der Waals surface area contributed by atoms with Crippen LogP contribution in [0.25, 0.3) is 0 Å². The summed E-state index contributed by atoms with van der Waals surface area (Å²) in [4.78, 5) is 16.4. The number of hydrogen-bond acceptors (Lipinski definition) is 4. The van der Waals surface area contributed by atoms with E-state index in [2.05, 4.69) is 53.5 Å². The Hall–Kier alpha value is -1.43. The average Bonchev–Trinajstić information content (AvgIpc) is 2.81. The van der Waals surface area contributed by atoms with Crippen molar-refractivity contribution in [3.05, 3.63) is 35.9 Å². The lowest BCUT2D eigenvalue weighted by Crippen LogP contribution is -2.44. The quantitative estimate of drug-likeness (QED) is 0.810. The molecule has 5 nitrogen and oxygen atoms in total. The fourth-order valence-corrected chi connectivity index (χ4v) is 3.13. The van der Waals surface area contributed by atoms with Gasteiger partial charge >= 0.3 is 0 Å². The summed E-state index contributed by atoms with van der Waals surface area (Å²) in [6, 6.07) is 10.7. The number of nitrogens with zero attached hydrogens (tertiary/aromatic N) is 2. The van der Waals surface area contributed by atoms with Crippen molar-refractivity contribution in [3.63, 3.8) is 0 Å². The second kappa shape index (κ2) is 8.27. The predicted octanol–water partition coefficient (Wildman–Crippen LogP) is 0.811. The molecule has 1 aliphatic rings. The third-order valence-electron chi connectivity index (χ3n) is 3.99. The van der Waals surface area contributed by atoms with Gasteiger partial charge in [-0.1, -0.05) is 30.3 Å². The van der Waals surface area contributed by atoms with Crippen molar-refractivity contribution >= 4 is 5.91 Å². The van der Waals surface area contributed by atoms with E-state index in [-0.39, 0.29) is 18.6 Å². The van der Waals surface area contributed by atoms with Crippen LogP contribution in [0.15, 0.2) is 30.3 Å². The van der Waals surface area contributed by atoms with E-state index in [1.54, 1.807) is 7.11 Å². The highest BCUT2D eigenvalue weighted by atomic mass is 16.5. The van der Waals surface area contributed by atoms with Gasteiger partial charge in [-0.15, -0.1) is 0 Å². The molecule has 22 heavy (non-hydrogen) atoms. The average molecular weight is 305 g/mol. The van der Waals surface area contributed by atoms with E-state index in [4.69, 9.17) is 4.74 Å². The SMILES string of the molecule is COCC(=O)N[C@@H]1CN(Cc2ccccc2)C[C@H]1CN(C)C. The van der Waals surface area contributed by atoms with Gasteiger partial charge in [-0.2, -0.15) is 0 Å². The lowest BCUT2D eigenvalue weighted by molar-refractivity contribution is -0.125. The van der Waals surface area contributed by atoms with Gasteiger partial charge in [0.05, 0.1) is 0 Å². The van der Waals surface area contributed by atoms with E-state index in [0.29, 0.717) is 5.92 Å². The minimum absolute atomic E-state index is 0.0298. The van der Waals surface area contributed by atoms with Crippen molar-refractivity contribution in [2.75, 3.05) is 47.4 Å². The Morgan fingerprint density at radius 2 is 2.05 bits per heavy atom. The van der Waals surface area contributed by atoms with Crippen LogP contribution in [0.2, 0.25) is 0 Å². The second-order valence-corrected chi connectivity index (χ2v) is 6.31. The predicted molar refractivity (Wildman–Crippen MR) is 87.6 cm³/mol. The van der Waals surface area contributed by atoms with Crippen LogP contribution in [0, 0.1) is 5.92 Å². The number of likely N-dealkylation sites (tertiary alicyclic amines) is 1. The van der Waals surface area contributed by atoms with E-state index in [1.165, 1.54) is 5.56 Å². The van der Waals surface area contributed by atoms with Crippen LogP contribution in [0.3, 0.4) is 0 Å². The highest BCUT2D eigenvalue weighted by molar-refractivity contribution is 5.77.